The van der Waals surface area contributed by atoms with Crippen molar-refractivity contribution in [1.29, 1.82) is 0 Å². The van der Waals surface area contributed by atoms with Crippen LogP contribution in [0.5, 0.6) is 0 Å². The van der Waals surface area contributed by atoms with Gasteiger partial charge >= 0.3 is 5.97 Å². The lowest BCUT2D eigenvalue weighted by molar-refractivity contribution is -0.138. The zero-order valence-corrected chi connectivity index (χ0v) is 12.0. The number of nitrogens with one attached hydrogen (secondary N) is 2. The molecule has 6 nitrogen and oxygen atoms in total. The Balaban J connectivity index is 2.87. The number of rotatable bonds is 5. The van der Waals surface area contributed by atoms with Gasteiger partial charge in [-0.3, -0.25) is 14.7 Å². The van der Waals surface area contributed by atoms with E-state index >= 15 is 0 Å². The number of amides is 1. The summed E-state index contributed by atoms with van der Waals surface area (Å²) in [6.45, 7) is 9.19. The minimum atomic E-state index is -0.952. The lowest BCUT2D eigenvalue weighted by Crippen LogP contribution is -2.45. The van der Waals surface area contributed by atoms with Crippen LogP contribution in [0.15, 0.2) is 0 Å². The Morgan fingerprint density at radius 1 is 1.42 bits per heavy atom. The first kappa shape index (κ1) is 15.2. The molecule has 0 bridgehead atoms. The Bertz CT molecular complexity index is 489. The molecule has 0 atom stereocenters. The van der Waals surface area contributed by atoms with Crippen LogP contribution in [0.1, 0.15) is 61.8 Å². The molecule has 0 fully saturated rings. The molecule has 106 valence electrons. The maximum atomic E-state index is 12.1. The minimum absolute atomic E-state index is 0.140. The van der Waals surface area contributed by atoms with E-state index in [0.29, 0.717) is 5.69 Å². The van der Waals surface area contributed by atoms with Crippen molar-refractivity contribution < 1.29 is 14.7 Å². The van der Waals surface area contributed by atoms with Crippen molar-refractivity contribution in [2.45, 2.75) is 52.5 Å². The number of carboxylic acids is 1. The van der Waals surface area contributed by atoms with Crippen molar-refractivity contribution in [2.75, 3.05) is 0 Å². The SMILES string of the molecule is Cc1c(C(=O)NC(C)(C)CC(=O)O)n[nH]c1C(C)C. The van der Waals surface area contributed by atoms with Gasteiger partial charge in [-0.05, 0) is 26.7 Å². The van der Waals surface area contributed by atoms with Gasteiger partial charge in [-0.15, -0.1) is 0 Å². The van der Waals surface area contributed by atoms with Gasteiger partial charge in [0.2, 0.25) is 0 Å². The van der Waals surface area contributed by atoms with Crippen LogP contribution < -0.4 is 5.32 Å². The number of carbonyl (C=O) groups is 2. The molecule has 0 aromatic carbocycles. The molecule has 0 aliphatic heterocycles. The quantitative estimate of drug-likeness (QED) is 0.758. The maximum Gasteiger partial charge on any atom is 0.305 e. The highest BCUT2D eigenvalue weighted by Gasteiger charge is 2.27. The molecule has 0 aliphatic rings. The molecule has 6 heteroatoms. The number of H-pyrrole nitrogens is 1. The fourth-order valence-corrected chi connectivity index (χ4v) is 1.98. The highest BCUT2D eigenvalue weighted by atomic mass is 16.4. The second-order valence-corrected chi connectivity index (χ2v) is 5.67. The maximum absolute atomic E-state index is 12.1. The average Bonchev–Trinajstić information content (AvgIpc) is 2.56. The van der Waals surface area contributed by atoms with Gasteiger partial charge in [0, 0.05) is 16.8 Å². The van der Waals surface area contributed by atoms with Gasteiger partial charge in [-0.25, -0.2) is 0 Å². The average molecular weight is 267 g/mol. The van der Waals surface area contributed by atoms with Crippen molar-refractivity contribution in [3.8, 4) is 0 Å². The van der Waals surface area contributed by atoms with Crippen LogP contribution in [-0.2, 0) is 4.79 Å². The monoisotopic (exact) mass is 267 g/mol. The summed E-state index contributed by atoms with van der Waals surface area (Å²) in [5, 5.41) is 18.4. The molecule has 0 unspecified atom stereocenters. The summed E-state index contributed by atoms with van der Waals surface area (Å²) in [6, 6.07) is 0. The smallest absolute Gasteiger partial charge is 0.305 e. The van der Waals surface area contributed by atoms with Crippen molar-refractivity contribution in [2.24, 2.45) is 0 Å². The van der Waals surface area contributed by atoms with Gasteiger partial charge in [-0.2, -0.15) is 5.10 Å². The van der Waals surface area contributed by atoms with Crippen LogP contribution in [0, 0.1) is 6.92 Å². The van der Waals surface area contributed by atoms with Crippen LogP contribution in [0.3, 0.4) is 0 Å². The third kappa shape index (κ3) is 3.81. The summed E-state index contributed by atoms with van der Waals surface area (Å²) >= 11 is 0. The first-order chi connectivity index (χ1) is 8.64. The number of nitrogens with zero attached hydrogens (tertiary/aromatic N) is 1. The van der Waals surface area contributed by atoms with Gasteiger partial charge in [0.25, 0.3) is 5.91 Å². The molecule has 3 N–H and O–H groups in total. The minimum Gasteiger partial charge on any atom is -0.481 e. The first-order valence-corrected chi connectivity index (χ1v) is 6.23. The molecular formula is C13H21N3O3. The molecule has 1 aromatic rings. The molecule has 19 heavy (non-hydrogen) atoms. The van der Waals surface area contributed by atoms with Crippen LogP contribution >= 0.6 is 0 Å². The Kier molecular flexibility index (Phi) is 4.34. The number of hydrogen-bond donors (Lipinski definition) is 3. The Hall–Kier alpha value is -1.85. The zero-order valence-electron chi connectivity index (χ0n) is 12.0. The molecule has 1 aromatic heterocycles. The Morgan fingerprint density at radius 2 is 2.00 bits per heavy atom. The molecule has 0 spiro atoms. The second-order valence-electron chi connectivity index (χ2n) is 5.67. The van der Waals surface area contributed by atoms with E-state index in [1.54, 1.807) is 13.8 Å². The summed E-state index contributed by atoms with van der Waals surface area (Å²) in [6.07, 6.45) is -0.140. The van der Waals surface area contributed by atoms with Gasteiger partial charge in [0.15, 0.2) is 5.69 Å². The first-order valence-electron chi connectivity index (χ1n) is 6.23. The molecule has 1 rings (SSSR count). The van der Waals surface area contributed by atoms with E-state index in [2.05, 4.69) is 15.5 Å². The largest absolute Gasteiger partial charge is 0.481 e. The highest BCUT2D eigenvalue weighted by molar-refractivity contribution is 5.94. The lowest BCUT2D eigenvalue weighted by Gasteiger charge is -2.23. The fourth-order valence-electron chi connectivity index (χ4n) is 1.98. The van der Waals surface area contributed by atoms with E-state index in [9.17, 15) is 9.59 Å². The van der Waals surface area contributed by atoms with Crippen molar-refractivity contribution in [3.05, 3.63) is 17.0 Å². The topological polar surface area (TPSA) is 95.1 Å². The number of aliphatic carboxylic acids is 1. The number of carbonyl (C=O) groups excluding carboxylic acids is 1. The van der Waals surface area contributed by atoms with Crippen molar-refractivity contribution >= 4 is 11.9 Å². The number of carboxylic acid groups (broad SMARTS) is 1. The van der Waals surface area contributed by atoms with Gasteiger partial charge < -0.3 is 10.4 Å². The number of aromatic nitrogens is 2. The second kappa shape index (κ2) is 5.42. The van der Waals surface area contributed by atoms with E-state index < -0.39 is 11.5 Å². The zero-order chi connectivity index (χ0) is 14.8. The molecular weight excluding hydrogens is 246 g/mol. The third-order valence-corrected chi connectivity index (χ3v) is 2.88. The van der Waals surface area contributed by atoms with E-state index in [-0.39, 0.29) is 18.2 Å². The van der Waals surface area contributed by atoms with E-state index in [1.165, 1.54) is 0 Å². The molecule has 1 heterocycles. The van der Waals surface area contributed by atoms with Crippen molar-refractivity contribution in [3.63, 3.8) is 0 Å². The van der Waals surface area contributed by atoms with Crippen LogP contribution in [0.2, 0.25) is 0 Å². The van der Waals surface area contributed by atoms with Crippen molar-refractivity contribution in [1.82, 2.24) is 15.5 Å². The summed E-state index contributed by atoms with van der Waals surface area (Å²) in [7, 11) is 0. The summed E-state index contributed by atoms with van der Waals surface area (Å²) in [4.78, 5) is 22.8. The van der Waals surface area contributed by atoms with Crippen LogP contribution in [0.25, 0.3) is 0 Å². The molecule has 1 amide bonds. The van der Waals surface area contributed by atoms with E-state index in [4.69, 9.17) is 5.11 Å². The molecule has 0 aliphatic carbocycles. The van der Waals surface area contributed by atoms with E-state index in [1.807, 2.05) is 20.8 Å². The van der Waals surface area contributed by atoms with Gasteiger partial charge in [0.1, 0.15) is 0 Å². The lowest BCUT2D eigenvalue weighted by atomic mass is 10.00. The molecule has 0 radical (unpaired) electrons. The summed E-state index contributed by atoms with van der Waals surface area (Å²) in [5.74, 6) is -1.06. The highest BCUT2D eigenvalue weighted by Crippen LogP contribution is 2.19. The Labute approximate surface area is 112 Å². The fraction of sp³-hybridized carbons (Fsp3) is 0.615. The number of hydrogen-bond acceptors (Lipinski definition) is 3. The van der Waals surface area contributed by atoms with Crippen LogP contribution in [-0.4, -0.2) is 32.7 Å². The molecule has 0 saturated carbocycles. The molecule has 0 saturated heterocycles. The predicted octanol–water partition coefficient (Wildman–Crippen LogP) is 1.82. The third-order valence-electron chi connectivity index (χ3n) is 2.88. The standard InChI is InChI=1S/C13H21N3O3/c1-7(2)10-8(3)11(16-15-10)12(19)14-13(4,5)6-9(17)18/h7H,6H2,1-5H3,(H,14,19)(H,15,16)(H,17,18). The normalized spacial score (nSPS) is 11.7. The van der Waals surface area contributed by atoms with Crippen LogP contribution in [0.4, 0.5) is 0 Å². The summed E-state index contributed by atoms with van der Waals surface area (Å²) in [5.41, 5.74) is 1.23. The number of aromatic amines is 1. The Morgan fingerprint density at radius 3 is 2.42 bits per heavy atom. The predicted molar refractivity (Wildman–Crippen MR) is 71.2 cm³/mol. The van der Waals surface area contributed by atoms with Gasteiger partial charge in [0.05, 0.1) is 6.42 Å². The summed E-state index contributed by atoms with van der Waals surface area (Å²) < 4.78 is 0. The van der Waals surface area contributed by atoms with Gasteiger partial charge in [-0.1, -0.05) is 13.8 Å². The van der Waals surface area contributed by atoms with E-state index in [0.717, 1.165) is 11.3 Å².